The van der Waals surface area contributed by atoms with E-state index < -0.39 is 41.6 Å². The van der Waals surface area contributed by atoms with E-state index in [2.05, 4.69) is 0 Å². The Morgan fingerprint density at radius 1 is 1.18 bits per heavy atom. The van der Waals surface area contributed by atoms with Crippen molar-refractivity contribution in [3.63, 3.8) is 0 Å². The molecule has 34 heavy (non-hydrogen) atoms. The maximum atomic E-state index is 13.8. The molecule has 9 nitrogen and oxygen atoms in total. The molecule has 0 aromatic heterocycles. The molecule has 1 aromatic carbocycles. The zero-order valence-electron chi connectivity index (χ0n) is 20.0. The zero-order chi connectivity index (χ0) is 25.1. The monoisotopic (exact) mass is 471 g/mol. The number of aromatic hydroxyl groups is 1. The first-order valence-electron chi connectivity index (χ1n) is 11.5. The number of nitrogens with two attached hydrogens (primary N) is 1. The van der Waals surface area contributed by atoms with Gasteiger partial charge in [-0.2, -0.15) is 0 Å². The number of carbonyl (C=O) groups excluding carboxylic acids is 2. The van der Waals surface area contributed by atoms with Crippen molar-refractivity contribution in [2.75, 3.05) is 34.7 Å². The lowest BCUT2D eigenvalue weighted by Gasteiger charge is -2.51. The van der Waals surface area contributed by atoms with Gasteiger partial charge >= 0.3 is 0 Å². The lowest BCUT2D eigenvalue weighted by atomic mass is 9.57. The highest BCUT2D eigenvalue weighted by molar-refractivity contribution is 6.10. The number of likely N-dealkylation sites (N-methyl/N-ethyl adjacent to an activating group) is 2. The number of nitrogens with zero attached hydrogens (tertiary/aromatic N) is 2. The molecule has 0 heterocycles. The normalized spacial score (nSPS) is 28.8. The van der Waals surface area contributed by atoms with Crippen LogP contribution >= 0.6 is 0 Å². The fraction of sp³-hybridized carbons (Fsp3) is 0.520. The largest absolute Gasteiger partial charge is 0.510 e. The third-order valence-corrected chi connectivity index (χ3v) is 7.63. The van der Waals surface area contributed by atoms with Crippen LogP contribution in [-0.2, 0) is 22.4 Å². The molecule has 0 radical (unpaired) electrons. The number of benzene rings is 1. The maximum Gasteiger partial charge on any atom is 0.248 e. The van der Waals surface area contributed by atoms with Gasteiger partial charge in [0.05, 0.1) is 17.2 Å². The number of Topliss-reactive ketones (excluding diaryl/α,β-unsaturated/α-hetero) is 1. The van der Waals surface area contributed by atoms with Gasteiger partial charge in [-0.05, 0) is 70.6 Å². The summed E-state index contributed by atoms with van der Waals surface area (Å²) >= 11 is 0. The van der Waals surface area contributed by atoms with Gasteiger partial charge in [0, 0.05) is 24.5 Å². The van der Waals surface area contributed by atoms with Gasteiger partial charge in [0.1, 0.15) is 22.9 Å². The molecule has 1 fully saturated rings. The highest BCUT2D eigenvalue weighted by Crippen LogP contribution is 2.53. The number of phenols is 1. The number of hydrogen-bond acceptors (Lipinski definition) is 8. The Labute approximate surface area is 198 Å². The van der Waals surface area contributed by atoms with E-state index in [-0.39, 0.29) is 34.0 Å². The molecule has 3 aliphatic rings. The molecular formula is C25H33N3O6. The van der Waals surface area contributed by atoms with Gasteiger partial charge < -0.3 is 31.1 Å². The van der Waals surface area contributed by atoms with E-state index in [1.165, 1.54) is 6.07 Å². The van der Waals surface area contributed by atoms with Gasteiger partial charge in [0.25, 0.3) is 0 Å². The van der Waals surface area contributed by atoms with Gasteiger partial charge in [-0.1, -0.05) is 6.07 Å². The van der Waals surface area contributed by atoms with Crippen LogP contribution in [0.2, 0.25) is 0 Å². The number of primary amides is 1. The third-order valence-electron chi connectivity index (χ3n) is 7.63. The molecular weight excluding hydrogens is 438 g/mol. The van der Waals surface area contributed by atoms with Crippen LogP contribution in [0.5, 0.6) is 5.75 Å². The van der Waals surface area contributed by atoms with Crippen molar-refractivity contribution in [1.29, 1.82) is 0 Å². The second-order valence-electron chi connectivity index (χ2n) is 10.2. The summed E-state index contributed by atoms with van der Waals surface area (Å²) in [6, 6.07) is 2.57. The zero-order valence-corrected chi connectivity index (χ0v) is 20.0. The minimum Gasteiger partial charge on any atom is -0.510 e. The number of carbonyl (C=O) groups is 2. The van der Waals surface area contributed by atoms with Crippen LogP contribution in [0.15, 0.2) is 29.0 Å². The van der Waals surface area contributed by atoms with Crippen LogP contribution < -0.4 is 5.73 Å². The second-order valence-corrected chi connectivity index (χ2v) is 10.2. The summed E-state index contributed by atoms with van der Waals surface area (Å²) in [6.45, 7) is 0.776. The molecule has 4 unspecified atom stereocenters. The maximum absolute atomic E-state index is 13.8. The highest BCUT2D eigenvalue weighted by Gasteiger charge is 2.60. The van der Waals surface area contributed by atoms with Gasteiger partial charge in [0.15, 0.2) is 5.78 Å². The van der Waals surface area contributed by atoms with Crippen molar-refractivity contribution in [2.45, 2.75) is 37.3 Å². The van der Waals surface area contributed by atoms with Crippen LogP contribution in [-0.4, -0.2) is 88.3 Å². The summed E-state index contributed by atoms with van der Waals surface area (Å²) in [5, 5.41) is 44.3. The van der Waals surface area contributed by atoms with Crippen molar-refractivity contribution in [3.05, 3.63) is 45.7 Å². The van der Waals surface area contributed by atoms with E-state index in [9.17, 15) is 30.0 Å². The van der Waals surface area contributed by atoms with Crippen LogP contribution in [0.25, 0.3) is 5.76 Å². The third kappa shape index (κ3) is 3.59. The second kappa shape index (κ2) is 8.41. The van der Waals surface area contributed by atoms with Crippen molar-refractivity contribution >= 4 is 17.4 Å². The van der Waals surface area contributed by atoms with Crippen molar-refractivity contribution < 1.29 is 30.0 Å². The smallest absolute Gasteiger partial charge is 0.248 e. The Hall–Kier alpha value is -2.88. The number of aliphatic hydroxyl groups excluding tert-OH is 2. The van der Waals surface area contributed by atoms with Crippen molar-refractivity contribution in [2.24, 2.45) is 17.6 Å². The molecule has 9 heteroatoms. The summed E-state index contributed by atoms with van der Waals surface area (Å²) in [5.41, 5.74) is 5.32. The molecule has 0 saturated heterocycles. The summed E-state index contributed by atoms with van der Waals surface area (Å²) in [4.78, 5) is 29.5. The molecule has 184 valence electrons. The first-order chi connectivity index (χ1) is 15.9. The quantitative estimate of drug-likeness (QED) is 0.425. The number of rotatable bonds is 5. The first-order valence-corrected chi connectivity index (χ1v) is 11.5. The molecule has 3 aliphatic carbocycles. The highest BCUT2D eigenvalue weighted by atomic mass is 16.3. The fourth-order valence-corrected chi connectivity index (χ4v) is 5.98. The number of phenolic OH excluding ortho intramolecular Hbond substituents is 1. The predicted octanol–water partition coefficient (Wildman–Crippen LogP) is 0.889. The Morgan fingerprint density at radius 3 is 2.44 bits per heavy atom. The van der Waals surface area contributed by atoms with Crippen LogP contribution in [0.4, 0.5) is 0 Å². The van der Waals surface area contributed by atoms with Crippen LogP contribution in [0.3, 0.4) is 0 Å². The van der Waals surface area contributed by atoms with Gasteiger partial charge in [0.2, 0.25) is 5.91 Å². The summed E-state index contributed by atoms with van der Waals surface area (Å²) in [5.74, 6) is -3.38. The van der Waals surface area contributed by atoms with E-state index in [4.69, 9.17) is 5.73 Å². The minimum absolute atomic E-state index is 0.0639. The van der Waals surface area contributed by atoms with E-state index in [0.717, 1.165) is 17.7 Å². The van der Waals surface area contributed by atoms with Crippen LogP contribution in [0, 0.1) is 11.8 Å². The lowest BCUT2D eigenvalue weighted by molar-refractivity contribution is -0.151. The standard InChI is InChI=1S/C25H33N3O6/c1-27(2)8-7-12-5-6-17(29)19-14(12)9-13-10-16-20(28(3)4)21(30)15(24(26)33)11-25(16,34)23(32)18(13)22(19)31/h5-6,13,16,20,29-31,34H,7-11H2,1-4H3,(H2,26,33). The number of fused-ring (bicyclic) bond motifs is 3. The van der Waals surface area contributed by atoms with E-state index >= 15 is 0 Å². The predicted molar refractivity (Wildman–Crippen MR) is 126 cm³/mol. The summed E-state index contributed by atoms with van der Waals surface area (Å²) in [7, 11) is 7.33. The molecule has 1 aromatic rings. The van der Waals surface area contributed by atoms with Crippen LogP contribution in [0.1, 0.15) is 29.5 Å². The molecule has 0 spiro atoms. The number of aliphatic hydroxyl groups is 3. The molecule has 4 atom stereocenters. The van der Waals surface area contributed by atoms with Gasteiger partial charge in [-0.25, -0.2) is 0 Å². The van der Waals surface area contributed by atoms with Crippen molar-refractivity contribution in [3.8, 4) is 5.75 Å². The molecule has 6 N–H and O–H groups in total. The van der Waals surface area contributed by atoms with Gasteiger partial charge in [-0.15, -0.1) is 0 Å². The van der Waals surface area contributed by atoms with Crippen molar-refractivity contribution in [1.82, 2.24) is 9.80 Å². The summed E-state index contributed by atoms with van der Waals surface area (Å²) in [6.07, 6.45) is 1.01. The average Bonchev–Trinajstić information content (AvgIpc) is 2.74. The van der Waals surface area contributed by atoms with Gasteiger partial charge in [-0.3, -0.25) is 14.5 Å². The van der Waals surface area contributed by atoms with E-state index in [1.54, 1.807) is 19.0 Å². The molecule has 0 aliphatic heterocycles. The SMILES string of the molecule is CN(C)CCc1ccc(O)c2c1CC1CC3C(N(C)C)C(O)=C(C(N)=O)CC3(O)C(=O)C1=C2O. The average molecular weight is 472 g/mol. The lowest BCUT2D eigenvalue weighted by Crippen LogP contribution is -2.62. The molecule has 1 saturated carbocycles. The number of amides is 1. The molecule has 1 amide bonds. The number of hydrogen-bond donors (Lipinski definition) is 5. The Bertz CT molecular complexity index is 1120. The topological polar surface area (TPSA) is 148 Å². The Morgan fingerprint density at radius 2 is 1.85 bits per heavy atom. The van der Waals surface area contributed by atoms with E-state index in [0.29, 0.717) is 19.3 Å². The molecule has 0 bridgehead atoms. The fourth-order valence-electron chi connectivity index (χ4n) is 5.98. The number of ketones is 1. The first kappa shape index (κ1) is 24.3. The molecule has 4 rings (SSSR count). The minimum atomic E-state index is -2.01. The Balaban J connectivity index is 1.85. The Kier molecular flexibility index (Phi) is 6.00. The summed E-state index contributed by atoms with van der Waals surface area (Å²) < 4.78 is 0. The van der Waals surface area contributed by atoms with E-state index in [1.807, 2.05) is 25.1 Å².